The lowest BCUT2D eigenvalue weighted by atomic mass is 10.2. The SMILES string of the molecule is COc1ccc(-n2c(=O)c3ccccc3n([C@@H](C)C(N)=O)c2=O)cc1. The molecule has 1 atom stereocenters. The molecule has 0 aliphatic carbocycles. The summed E-state index contributed by atoms with van der Waals surface area (Å²) in [6, 6.07) is 12.2. The molecule has 2 N–H and O–H groups in total. The maximum absolute atomic E-state index is 13.0. The fraction of sp³-hybridized carbons (Fsp3) is 0.167. The number of aromatic nitrogens is 2. The van der Waals surface area contributed by atoms with Gasteiger partial charge in [-0.25, -0.2) is 9.36 Å². The number of para-hydroxylation sites is 1. The molecule has 0 aliphatic heterocycles. The van der Waals surface area contributed by atoms with Crippen LogP contribution in [0.5, 0.6) is 5.75 Å². The van der Waals surface area contributed by atoms with E-state index in [0.29, 0.717) is 22.3 Å². The summed E-state index contributed by atoms with van der Waals surface area (Å²) >= 11 is 0. The molecule has 128 valence electrons. The number of hydrogen-bond donors (Lipinski definition) is 1. The average molecular weight is 339 g/mol. The number of primary amides is 1. The molecule has 0 fully saturated rings. The molecule has 0 unspecified atom stereocenters. The van der Waals surface area contributed by atoms with Crippen LogP contribution in [0.25, 0.3) is 16.6 Å². The summed E-state index contributed by atoms with van der Waals surface area (Å²) in [5.41, 5.74) is 5.06. The van der Waals surface area contributed by atoms with Crippen molar-refractivity contribution < 1.29 is 9.53 Å². The average Bonchev–Trinajstić information content (AvgIpc) is 2.62. The first-order chi connectivity index (χ1) is 12.0. The molecule has 0 saturated carbocycles. The van der Waals surface area contributed by atoms with Gasteiger partial charge < -0.3 is 10.5 Å². The predicted molar refractivity (Wildman–Crippen MR) is 94.3 cm³/mol. The number of benzene rings is 2. The number of amides is 1. The van der Waals surface area contributed by atoms with Crippen molar-refractivity contribution in [1.82, 2.24) is 9.13 Å². The number of ether oxygens (including phenoxy) is 1. The summed E-state index contributed by atoms with van der Waals surface area (Å²) < 4.78 is 7.37. The van der Waals surface area contributed by atoms with Gasteiger partial charge in [0.2, 0.25) is 5.91 Å². The topological polar surface area (TPSA) is 96.3 Å². The zero-order valence-corrected chi connectivity index (χ0v) is 13.8. The van der Waals surface area contributed by atoms with E-state index >= 15 is 0 Å². The Bertz CT molecular complexity index is 1060. The molecule has 1 heterocycles. The third kappa shape index (κ3) is 2.69. The van der Waals surface area contributed by atoms with Crippen molar-refractivity contribution in [2.45, 2.75) is 13.0 Å². The van der Waals surface area contributed by atoms with E-state index in [0.717, 1.165) is 4.57 Å². The van der Waals surface area contributed by atoms with E-state index in [4.69, 9.17) is 10.5 Å². The summed E-state index contributed by atoms with van der Waals surface area (Å²) in [5, 5.41) is 0.325. The van der Waals surface area contributed by atoms with Gasteiger partial charge in [0.25, 0.3) is 5.56 Å². The maximum Gasteiger partial charge on any atom is 0.336 e. The number of nitrogens with two attached hydrogens (primary N) is 1. The summed E-state index contributed by atoms with van der Waals surface area (Å²) in [4.78, 5) is 37.5. The first kappa shape index (κ1) is 16.5. The summed E-state index contributed by atoms with van der Waals surface area (Å²) in [7, 11) is 1.53. The van der Waals surface area contributed by atoms with Gasteiger partial charge in [0.05, 0.1) is 23.7 Å². The van der Waals surface area contributed by atoms with Crippen LogP contribution in [0.2, 0.25) is 0 Å². The molecule has 7 nitrogen and oxygen atoms in total. The smallest absolute Gasteiger partial charge is 0.336 e. The molecule has 3 aromatic rings. The standard InChI is InChI=1S/C18H17N3O4/c1-11(16(19)22)20-15-6-4-3-5-14(15)17(23)21(18(20)24)12-7-9-13(25-2)10-8-12/h3-11H,1-2H3,(H2,19,22)/t11-/m0/s1. The zero-order valence-electron chi connectivity index (χ0n) is 13.8. The molecule has 1 aromatic heterocycles. The Morgan fingerprint density at radius 3 is 2.32 bits per heavy atom. The highest BCUT2D eigenvalue weighted by molar-refractivity contribution is 5.83. The lowest BCUT2D eigenvalue weighted by Gasteiger charge is -2.17. The maximum atomic E-state index is 13.0. The Morgan fingerprint density at radius 1 is 1.08 bits per heavy atom. The Labute approximate surface area is 142 Å². The Balaban J connectivity index is 2.41. The minimum Gasteiger partial charge on any atom is -0.497 e. The van der Waals surface area contributed by atoms with Crippen LogP contribution in [0.1, 0.15) is 13.0 Å². The Kier molecular flexibility index (Phi) is 4.14. The van der Waals surface area contributed by atoms with E-state index in [1.54, 1.807) is 48.5 Å². The van der Waals surface area contributed by atoms with Gasteiger partial charge in [-0.3, -0.25) is 14.2 Å². The van der Waals surface area contributed by atoms with Crippen molar-refractivity contribution in [2.24, 2.45) is 5.73 Å². The van der Waals surface area contributed by atoms with E-state index in [9.17, 15) is 14.4 Å². The lowest BCUT2D eigenvalue weighted by molar-refractivity contribution is -0.120. The number of rotatable bonds is 4. The minimum atomic E-state index is -0.900. The van der Waals surface area contributed by atoms with E-state index in [-0.39, 0.29) is 0 Å². The van der Waals surface area contributed by atoms with Gasteiger partial charge in [0, 0.05) is 0 Å². The molecular formula is C18H17N3O4. The van der Waals surface area contributed by atoms with Crippen LogP contribution >= 0.6 is 0 Å². The second kappa shape index (κ2) is 6.27. The molecule has 3 rings (SSSR count). The third-order valence-electron chi connectivity index (χ3n) is 4.12. The van der Waals surface area contributed by atoms with E-state index < -0.39 is 23.2 Å². The summed E-state index contributed by atoms with van der Waals surface area (Å²) in [5.74, 6) is -0.0596. The van der Waals surface area contributed by atoms with Gasteiger partial charge in [-0.1, -0.05) is 12.1 Å². The number of hydrogen-bond acceptors (Lipinski definition) is 4. The van der Waals surface area contributed by atoms with Crippen molar-refractivity contribution in [3.63, 3.8) is 0 Å². The molecule has 7 heteroatoms. The number of carbonyl (C=O) groups excluding carboxylic acids is 1. The number of carbonyl (C=O) groups is 1. The van der Waals surface area contributed by atoms with Crippen LogP contribution in [0.3, 0.4) is 0 Å². The fourth-order valence-corrected chi connectivity index (χ4v) is 2.74. The van der Waals surface area contributed by atoms with Gasteiger partial charge >= 0.3 is 5.69 Å². The molecule has 0 radical (unpaired) electrons. The van der Waals surface area contributed by atoms with Crippen molar-refractivity contribution in [1.29, 1.82) is 0 Å². The summed E-state index contributed by atoms with van der Waals surface area (Å²) in [6.07, 6.45) is 0. The number of methoxy groups -OCH3 is 1. The molecule has 0 spiro atoms. The van der Waals surface area contributed by atoms with E-state index in [1.807, 2.05) is 0 Å². The first-order valence-corrected chi connectivity index (χ1v) is 7.65. The fourth-order valence-electron chi connectivity index (χ4n) is 2.74. The number of fused-ring (bicyclic) bond motifs is 1. The normalized spacial score (nSPS) is 12.1. The monoisotopic (exact) mass is 339 g/mol. The highest BCUT2D eigenvalue weighted by Crippen LogP contribution is 2.16. The van der Waals surface area contributed by atoms with Gasteiger partial charge in [-0.2, -0.15) is 0 Å². The van der Waals surface area contributed by atoms with Crippen LogP contribution in [0.4, 0.5) is 0 Å². The van der Waals surface area contributed by atoms with Gasteiger partial charge in [0.1, 0.15) is 11.8 Å². The highest BCUT2D eigenvalue weighted by Gasteiger charge is 2.20. The number of nitrogens with zero attached hydrogens (tertiary/aromatic N) is 2. The van der Waals surface area contributed by atoms with Crippen LogP contribution in [-0.4, -0.2) is 22.2 Å². The van der Waals surface area contributed by atoms with Crippen molar-refractivity contribution >= 4 is 16.8 Å². The van der Waals surface area contributed by atoms with Gasteiger partial charge in [-0.15, -0.1) is 0 Å². The predicted octanol–water partition coefficient (Wildman–Crippen LogP) is 1.21. The Hall–Kier alpha value is -3.35. The highest BCUT2D eigenvalue weighted by atomic mass is 16.5. The first-order valence-electron chi connectivity index (χ1n) is 7.65. The van der Waals surface area contributed by atoms with Crippen molar-refractivity contribution in [3.05, 3.63) is 69.4 Å². The molecule has 1 amide bonds. The van der Waals surface area contributed by atoms with Crippen LogP contribution in [0, 0.1) is 0 Å². The largest absolute Gasteiger partial charge is 0.497 e. The molecule has 2 aromatic carbocycles. The molecule has 0 aliphatic rings. The van der Waals surface area contributed by atoms with Gasteiger partial charge in [-0.05, 0) is 43.3 Å². The quantitative estimate of drug-likeness (QED) is 0.772. The van der Waals surface area contributed by atoms with Crippen LogP contribution in [0.15, 0.2) is 58.1 Å². The molecule has 0 bridgehead atoms. The van der Waals surface area contributed by atoms with Crippen molar-refractivity contribution in [3.8, 4) is 11.4 Å². The van der Waals surface area contributed by atoms with E-state index in [1.165, 1.54) is 18.6 Å². The second-order valence-electron chi connectivity index (χ2n) is 5.59. The lowest BCUT2D eigenvalue weighted by Crippen LogP contribution is -2.42. The third-order valence-corrected chi connectivity index (χ3v) is 4.12. The molecule has 0 saturated heterocycles. The van der Waals surface area contributed by atoms with Crippen molar-refractivity contribution in [2.75, 3.05) is 7.11 Å². The zero-order chi connectivity index (χ0) is 18.1. The second-order valence-corrected chi connectivity index (χ2v) is 5.59. The molecule has 25 heavy (non-hydrogen) atoms. The Morgan fingerprint density at radius 2 is 1.72 bits per heavy atom. The van der Waals surface area contributed by atoms with Crippen LogP contribution < -0.4 is 21.7 Å². The minimum absolute atomic E-state index is 0.325. The van der Waals surface area contributed by atoms with Gasteiger partial charge in [0.15, 0.2) is 0 Å². The van der Waals surface area contributed by atoms with E-state index in [2.05, 4.69) is 0 Å². The summed E-state index contributed by atoms with van der Waals surface area (Å²) in [6.45, 7) is 1.53. The van der Waals surface area contributed by atoms with Crippen LogP contribution in [-0.2, 0) is 4.79 Å². The molecular weight excluding hydrogens is 322 g/mol.